The number of esters is 1. The maximum absolute atomic E-state index is 10.5. The third kappa shape index (κ3) is 4.57. The van der Waals surface area contributed by atoms with Gasteiger partial charge in [0.25, 0.3) is 0 Å². The van der Waals surface area contributed by atoms with Crippen molar-refractivity contribution in [3.8, 4) is 0 Å². The van der Waals surface area contributed by atoms with Gasteiger partial charge in [0.15, 0.2) is 11.9 Å². The summed E-state index contributed by atoms with van der Waals surface area (Å²) >= 11 is 0. The van der Waals surface area contributed by atoms with Gasteiger partial charge >= 0.3 is 11.9 Å². The maximum Gasteiger partial charge on any atom is 0.377 e. The second-order valence-electron chi connectivity index (χ2n) is 3.24. The van der Waals surface area contributed by atoms with Crippen molar-refractivity contribution in [2.45, 2.75) is 18.6 Å². The van der Waals surface area contributed by atoms with Crippen molar-refractivity contribution in [3.05, 3.63) is 11.5 Å². The quantitative estimate of drug-likeness (QED) is 0.315. The van der Waals surface area contributed by atoms with Crippen LogP contribution < -0.4 is 5.73 Å². The van der Waals surface area contributed by atoms with Gasteiger partial charge in [-0.1, -0.05) is 0 Å². The Hall–Kier alpha value is -1.84. The van der Waals surface area contributed by atoms with Gasteiger partial charge in [0.1, 0.15) is 6.10 Å². The molecule has 104 valence electrons. The Balaban J connectivity index is 0.000000411. The summed E-state index contributed by atoms with van der Waals surface area (Å²) in [4.78, 5) is 20.1. The van der Waals surface area contributed by atoms with Crippen molar-refractivity contribution < 1.29 is 39.9 Å². The molecule has 9 nitrogen and oxygen atoms in total. The number of ether oxygens (including phenoxy) is 1. The molecule has 0 spiro atoms. The van der Waals surface area contributed by atoms with E-state index in [0.29, 0.717) is 0 Å². The lowest BCUT2D eigenvalue weighted by Gasteiger charge is -2.13. The summed E-state index contributed by atoms with van der Waals surface area (Å²) in [6.45, 7) is -0.440. The average molecular weight is 265 g/mol. The van der Waals surface area contributed by atoms with Gasteiger partial charge in [0.2, 0.25) is 5.76 Å². The summed E-state index contributed by atoms with van der Waals surface area (Å²) in [7, 11) is 0. The molecule has 0 saturated heterocycles. The number of carboxylic acid groups (broad SMARTS) is 1. The highest BCUT2D eigenvalue weighted by Gasteiger charge is 2.38. The van der Waals surface area contributed by atoms with E-state index in [1.54, 1.807) is 0 Å². The van der Waals surface area contributed by atoms with E-state index in [-0.39, 0.29) is 13.0 Å². The number of nitrogens with two attached hydrogens (primary N) is 1. The SMILES string of the molecule is NCCC(=O)O.O=C1OC(C(O)CO)C(O)=C1O. The van der Waals surface area contributed by atoms with E-state index in [1.807, 2.05) is 0 Å². The van der Waals surface area contributed by atoms with Crippen LogP contribution in [-0.2, 0) is 14.3 Å². The molecule has 1 aliphatic rings. The van der Waals surface area contributed by atoms with Gasteiger partial charge in [-0.3, -0.25) is 4.79 Å². The van der Waals surface area contributed by atoms with Gasteiger partial charge < -0.3 is 36.0 Å². The molecule has 0 amide bonds. The fourth-order valence-corrected chi connectivity index (χ4v) is 0.946. The first-order valence-electron chi connectivity index (χ1n) is 4.89. The highest BCUT2D eigenvalue weighted by molar-refractivity contribution is 5.89. The number of cyclic esters (lactones) is 1. The van der Waals surface area contributed by atoms with Crippen LogP contribution in [0.2, 0.25) is 0 Å². The van der Waals surface area contributed by atoms with Crippen LogP contribution in [-0.4, -0.2) is 62.8 Å². The van der Waals surface area contributed by atoms with Gasteiger partial charge in [-0.2, -0.15) is 0 Å². The molecule has 1 rings (SSSR count). The lowest BCUT2D eigenvalue weighted by molar-refractivity contribution is -0.147. The lowest BCUT2D eigenvalue weighted by atomic mass is 10.2. The molecule has 1 aliphatic heterocycles. The van der Waals surface area contributed by atoms with Crippen LogP contribution >= 0.6 is 0 Å². The highest BCUT2D eigenvalue weighted by atomic mass is 16.6. The van der Waals surface area contributed by atoms with Gasteiger partial charge in [-0.25, -0.2) is 4.79 Å². The number of carboxylic acids is 1. The normalized spacial score (nSPS) is 19.9. The zero-order valence-electron chi connectivity index (χ0n) is 9.31. The van der Waals surface area contributed by atoms with Crippen molar-refractivity contribution in [1.29, 1.82) is 0 Å². The molecule has 0 radical (unpaired) electrons. The Labute approximate surface area is 102 Å². The maximum atomic E-state index is 10.5. The van der Waals surface area contributed by atoms with E-state index in [0.717, 1.165) is 0 Å². The minimum atomic E-state index is -1.42. The highest BCUT2D eigenvalue weighted by Crippen LogP contribution is 2.20. The van der Waals surface area contributed by atoms with Crippen LogP contribution in [0.3, 0.4) is 0 Å². The first-order valence-corrected chi connectivity index (χ1v) is 4.89. The zero-order chi connectivity index (χ0) is 14.3. The summed E-state index contributed by atoms with van der Waals surface area (Å²) in [5.41, 5.74) is 4.85. The number of aliphatic hydroxyl groups is 4. The second kappa shape index (κ2) is 7.48. The standard InChI is InChI=1S/C6H8O6.C3H7NO2/c7-1-2(8)5-3(9)4(10)6(11)12-5;4-2-1-3(5)6/h2,5,7-10H,1H2;1-2,4H2,(H,5,6). The average Bonchev–Trinajstić information content (AvgIpc) is 2.57. The molecule has 0 aromatic rings. The van der Waals surface area contributed by atoms with E-state index in [1.165, 1.54) is 0 Å². The number of aliphatic hydroxyl groups excluding tert-OH is 4. The molecule has 2 atom stereocenters. The molecule has 2 unspecified atom stereocenters. The molecule has 7 N–H and O–H groups in total. The minimum Gasteiger partial charge on any atom is -0.505 e. The second-order valence-corrected chi connectivity index (χ2v) is 3.24. The third-order valence-electron chi connectivity index (χ3n) is 1.83. The Bertz CT molecular complexity index is 339. The Morgan fingerprint density at radius 3 is 2.22 bits per heavy atom. The first-order chi connectivity index (χ1) is 8.34. The van der Waals surface area contributed by atoms with Crippen LogP contribution in [0.1, 0.15) is 6.42 Å². The van der Waals surface area contributed by atoms with Crippen molar-refractivity contribution in [3.63, 3.8) is 0 Å². The Morgan fingerprint density at radius 2 is 2.00 bits per heavy atom. The van der Waals surface area contributed by atoms with Gasteiger partial charge in [-0.05, 0) is 0 Å². The summed E-state index contributed by atoms with van der Waals surface area (Å²) in [5, 5.41) is 42.9. The molecule has 18 heavy (non-hydrogen) atoms. The van der Waals surface area contributed by atoms with E-state index >= 15 is 0 Å². The predicted molar refractivity (Wildman–Crippen MR) is 56.6 cm³/mol. The molecule has 0 aromatic heterocycles. The van der Waals surface area contributed by atoms with Gasteiger partial charge in [-0.15, -0.1) is 0 Å². The van der Waals surface area contributed by atoms with Gasteiger partial charge in [0.05, 0.1) is 13.0 Å². The third-order valence-corrected chi connectivity index (χ3v) is 1.83. The van der Waals surface area contributed by atoms with E-state index in [2.05, 4.69) is 4.74 Å². The molecule has 0 aromatic carbocycles. The number of hydrogen-bond acceptors (Lipinski definition) is 8. The van der Waals surface area contributed by atoms with Crippen molar-refractivity contribution in [2.75, 3.05) is 13.2 Å². The molecular formula is C9H15NO8. The fourth-order valence-electron chi connectivity index (χ4n) is 0.946. The zero-order valence-corrected chi connectivity index (χ0v) is 9.31. The number of rotatable bonds is 4. The predicted octanol–water partition coefficient (Wildman–Crippen LogP) is -1.99. The Morgan fingerprint density at radius 1 is 1.44 bits per heavy atom. The first kappa shape index (κ1) is 16.2. The van der Waals surface area contributed by atoms with Crippen molar-refractivity contribution in [2.24, 2.45) is 5.73 Å². The topological polar surface area (TPSA) is 171 Å². The summed E-state index contributed by atoms with van der Waals surface area (Å²) in [5.74, 6) is -3.61. The number of aliphatic carboxylic acids is 1. The lowest BCUT2D eigenvalue weighted by Crippen LogP contribution is -2.31. The van der Waals surface area contributed by atoms with Crippen molar-refractivity contribution >= 4 is 11.9 Å². The summed E-state index contributed by atoms with van der Waals surface area (Å²) in [6, 6.07) is 0. The monoisotopic (exact) mass is 265 g/mol. The summed E-state index contributed by atoms with van der Waals surface area (Å²) in [6.07, 6.45) is -2.71. The molecule has 0 bridgehead atoms. The van der Waals surface area contributed by atoms with E-state index in [9.17, 15) is 9.59 Å². The smallest absolute Gasteiger partial charge is 0.377 e. The minimum absolute atomic E-state index is 0.0694. The van der Waals surface area contributed by atoms with Crippen LogP contribution in [0, 0.1) is 0 Å². The number of carbonyl (C=O) groups excluding carboxylic acids is 1. The van der Waals surface area contributed by atoms with E-state index in [4.69, 9.17) is 31.3 Å². The molecule has 0 saturated carbocycles. The molecular weight excluding hydrogens is 250 g/mol. The largest absolute Gasteiger partial charge is 0.505 e. The van der Waals surface area contributed by atoms with Crippen LogP contribution in [0.5, 0.6) is 0 Å². The van der Waals surface area contributed by atoms with Crippen LogP contribution in [0.4, 0.5) is 0 Å². The molecule has 1 heterocycles. The fraction of sp³-hybridized carbons (Fsp3) is 0.556. The molecule has 0 aliphatic carbocycles. The Kier molecular flexibility index (Phi) is 6.71. The molecule has 0 fully saturated rings. The molecule has 9 heteroatoms. The van der Waals surface area contributed by atoms with E-state index < -0.39 is 42.3 Å². The number of hydrogen-bond donors (Lipinski definition) is 6. The van der Waals surface area contributed by atoms with Crippen LogP contribution in [0.25, 0.3) is 0 Å². The van der Waals surface area contributed by atoms with Gasteiger partial charge in [0, 0.05) is 6.54 Å². The number of carbonyl (C=O) groups is 2. The van der Waals surface area contributed by atoms with Crippen molar-refractivity contribution in [1.82, 2.24) is 0 Å². The summed E-state index contributed by atoms with van der Waals surface area (Å²) < 4.78 is 4.32. The van der Waals surface area contributed by atoms with Crippen LogP contribution in [0.15, 0.2) is 11.5 Å².